The summed E-state index contributed by atoms with van der Waals surface area (Å²) >= 11 is 0. The molecule has 3 nitrogen and oxygen atoms in total. The van der Waals surface area contributed by atoms with Crippen molar-refractivity contribution in [3.63, 3.8) is 0 Å². The molecular formula is C15H22N2O. The molecule has 0 aromatic heterocycles. The average Bonchev–Trinajstić information content (AvgIpc) is 2.96. The summed E-state index contributed by atoms with van der Waals surface area (Å²) in [5.41, 5.74) is 7.75. The maximum atomic E-state index is 5.89. The standard InChI is InChI=1S/C15H22N2O/c1-2-18-15-9-12(5-6-13(15)16)17-14-8-10-3-4-11(14)7-10/h5-6,9-11,14,17H,2-4,7-8,16H2,1H3. The third kappa shape index (κ3) is 2.14. The highest BCUT2D eigenvalue weighted by Gasteiger charge is 2.39. The maximum absolute atomic E-state index is 5.89. The van der Waals surface area contributed by atoms with Crippen molar-refractivity contribution in [3.8, 4) is 5.75 Å². The number of hydrogen-bond acceptors (Lipinski definition) is 3. The fraction of sp³-hybridized carbons (Fsp3) is 0.600. The molecule has 0 heterocycles. The molecule has 1 aromatic carbocycles. The predicted molar refractivity (Wildman–Crippen MR) is 74.9 cm³/mol. The van der Waals surface area contributed by atoms with E-state index in [0.29, 0.717) is 12.6 Å². The number of fused-ring (bicyclic) bond motifs is 2. The zero-order valence-electron chi connectivity index (χ0n) is 11.0. The number of benzene rings is 1. The first-order valence-corrected chi connectivity index (χ1v) is 7.05. The second-order valence-electron chi connectivity index (χ2n) is 5.61. The van der Waals surface area contributed by atoms with Crippen LogP contribution in [0.25, 0.3) is 0 Å². The minimum absolute atomic E-state index is 0.654. The van der Waals surface area contributed by atoms with Crippen molar-refractivity contribution in [1.82, 2.24) is 0 Å². The van der Waals surface area contributed by atoms with Gasteiger partial charge in [0.15, 0.2) is 0 Å². The molecule has 3 unspecified atom stereocenters. The third-order valence-electron chi connectivity index (χ3n) is 4.40. The molecule has 0 aliphatic heterocycles. The lowest BCUT2D eigenvalue weighted by atomic mass is 9.95. The summed E-state index contributed by atoms with van der Waals surface area (Å²) in [6, 6.07) is 6.68. The molecule has 0 spiro atoms. The summed E-state index contributed by atoms with van der Waals surface area (Å²) in [6.07, 6.45) is 5.59. The van der Waals surface area contributed by atoms with Crippen LogP contribution in [0.15, 0.2) is 18.2 Å². The normalized spacial score (nSPS) is 29.5. The van der Waals surface area contributed by atoms with E-state index < -0.39 is 0 Å². The molecule has 0 radical (unpaired) electrons. The molecule has 18 heavy (non-hydrogen) atoms. The van der Waals surface area contributed by atoms with E-state index in [0.717, 1.165) is 29.0 Å². The van der Waals surface area contributed by atoms with Crippen LogP contribution in [0.5, 0.6) is 5.75 Å². The highest BCUT2D eigenvalue weighted by Crippen LogP contribution is 2.45. The Bertz CT molecular complexity index is 433. The molecule has 2 fully saturated rings. The highest BCUT2D eigenvalue weighted by atomic mass is 16.5. The maximum Gasteiger partial charge on any atom is 0.144 e. The van der Waals surface area contributed by atoms with E-state index in [4.69, 9.17) is 10.5 Å². The van der Waals surface area contributed by atoms with Gasteiger partial charge in [-0.1, -0.05) is 6.42 Å². The van der Waals surface area contributed by atoms with Gasteiger partial charge in [-0.25, -0.2) is 0 Å². The number of nitrogen functional groups attached to an aromatic ring is 1. The van der Waals surface area contributed by atoms with Gasteiger partial charge in [0.25, 0.3) is 0 Å². The summed E-state index contributed by atoms with van der Waals surface area (Å²) in [5.74, 6) is 2.64. The summed E-state index contributed by atoms with van der Waals surface area (Å²) < 4.78 is 5.54. The Balaban J connectivity index is 1.71. The van der Waals surface area contributed by atoms with E-state index in [2.05, 4.69) is 11.4 Å². The van der Waals surface area contributed by atoms with Crippen LogP contribution in [-0.2, 0) is 0 Å². The van der Waals surface area contributed by atoms with Crippen molar-refractivity contribution in [2.45, 2.75) is 38.6 Å². The monoisotopic (exact) mass is 246 g/mol. The lowest BCUT2D eigenvalue weighted by Gasteiger charge is -2.24. The van der Waals surface area contributed by atoms with Crippen LogP contribution in [0.1, 0.15) is 32.6 Å². The van der Waals surface area contributed by atoms with Crippen molar-refractivity contribution in [2.75, 3.05) is 17.7 Å². The third-order valence-corrected chi connectivity index (χ3v) is 4.40. The Hall–Kier alpha value is -1.38. The van der Waals surface area contributed by atoms with Gasteiger partial charge in [-0.05, 0) is 50.2 Å². The van der Waals surface area contributed by atoms with Crippen LogP contribution in [0, 0.1) is 11.8 Å². The summed E-state index contributed by atoms with van der Waals surface area (Å²) in [4.78, 5) is 0. The van der Waals surface area contributed by atoms with Crippen LogP contribution >= 0.6 is 0 Å². The fourth-order valence-electron chi connectivity index (χ4n) is 3.54. The molecule has 0 saturated heterocycles. The van der Waals surface area contributed by atoms with Crippen LogP contribution < -0.4 is 15.8 Å². The first kappa shape index (κ1) is 11.7. The van der Waals surface area contributed by atoms with Crippen LogP contribution in [0.2, 0.25) is 0 Å². The molecule has 2 saturated carbocycles. The van der Waals surface area contributed by atoms with Gasteiger partial charge in [-0.3, -0.25) is 0 Å². The van der Waals surface area contributed by atoms with Gasteiger partial charge >= 0.3 is 0 Å². The van der Waals surface area contributed by atoms with Gasteiger partial charge in [0.05, 0.1) is 12.3 Å². The SMILES string of the molecule is CCOc1cc(NC2CC3CCC2C3)ccc1N. The van der Waals surface area contributed by atoms with E-state index in [9.17, 15) is 0 Å². The van der Waals surface area contributed by atoms with E-state index in [1.165, 1.54) is 25.7 Å². The predicted octanol–water partition coefficient (Wildman–Crippen LogP) is 3.27. The number of nitrogens with two attached hydrogens (primary N) is 1. The number of ether oxygens (including phenoxy) is 1. The van der Waals surface area contributed by atoms with E-state index in [1.807, 2.05) is 19.1 Å². The molecule has 98 valence electrons. The number of nitrogens with one attached hydrogen (secondary N) is 1. The van der Waals surface area contributed by atoms with Crippen LogP contribution in [0.3, 0.4) is 0 Å². The smallest absolute Gasteiger partial charge is 0.144 e. The van der Waals surface area contributed by atoms with Crippen LogP contribution in [0.4, 0.5) is 11.4 Å². The summed E-state index contributed by atoms with van der Waals surface area (Å²) in [7, 11) is 0. The quantitative estimate of drug-likeness (QED) is 0.802. The first-order valence-electron chi connectivity index (χ1n) is 7.05. The van der Waals surface area contributed by atoms with E-state index in [1.54, 1.807) is 0 Å². The number of rotatable bonds is 4. The lowest BCUT2D eigenvalue weighted by Crippen LogP contribution is -2.25. The van der Waals surface area contributed by atoms with E-state index >= 15 is 0 Å². The molecule has 3 rings (SSSR count). The molecule has 2 aliphatic carbocycles. The molecule has 2 aliphatic rings. The molecule has 0 amide bonds. The Kier molecular flexibility index (Phi) is 3.06. The second-order valence-corrected chi connectivity index (χ2v) is 5.61. The molecule has 3 atom stereocenters. The van der Waals surface area contributed by atoms with E-state index in [-0.39, 0.29) is 0 Å². The Morgan fingerprint density at radius 2 is 2.22 bits per heavy atom. The van der Waals surface area contributed by atoms with Crippen molar-refractivity contribution >= 4 is 11.4 Å². The molecular weight excluding hydrogens is 224 g/mol. The Labute approximate surface area is 109 Å². The van der Waals surface area contributed by atoms with Gasteiger partial charge in [0.1, 0.15) is 5.75 Å². The van der Waals surface area contributed by atoms with Crippen molar-refractivity contribution < 1.29 is 4.74 Å². The minimum Gasteiger partial charge on any atom is -0.492 e. The largest absolute Gasteiger partial charge is 0.492 e. The zero-order chi connectivity index (χ0) is 12.5. The lowest BCUT2D eigenvalue weighted by molar-refractivity contribution is 0.342. The van der Waals surface area contributed by atoms with Gasteiger partial charge < -0.3 is 15.8 Å². The Morgan fingerprint density at radius 3 is 2.89 bits per heavy atom. The number of hydrogen-bond donors (Lipinski definition) is 2. The zero-order valence-corrected chi connectivity index (χ0v) is 11.0. The topological polar surface area (TPSA) is 47.3 Å². The second kappa shape index (κ2) is 4.71. The molecule has 3 N–H and O–H groups in total. The summed E-state index contributed by atoms with van der Waals surface area (Å²) in [5, 5.41) is 3.66. The average molecular weight is 246 g/mol. The van der Waals surface area contributed by atoms with Crippen molar-refractivity contribution in [3.05, 3.63) is 18.2 Å². The van der Waals surface area contributed by atoms with Gasteiger partial charge in [-0.15, -0.1) is 0 Å². The molecule has 1 aromatic rings. The summed E-state index contributed by atoms with van der Waals surface area (Å²) in [6.45, 7) is 2.64. The molecule has 2 bridgehead atoms. The van der Waals surface area contributed by atoms with Crippen molar-refractivity contribution in [2.24, 2.45) is 11.8 Å². The molecule has 3 heteroatoms. The van der Waals surface area contributed by atoms with Crippen LogP contribution in [-0.4, -0.2) is 12.6 Å². The van der Waals surface area contributed by atoms with Gasteiger partial charge in [0.2, 0.25) is 0 Å². The van der Waals surface area contributed by atoms with Crippen molar-refractivity contribution in [1.29, 1.82) is 0 Å². The number of anilines is 2. The Morgan fingerprint density at radius 1 is 1.33 bits per heavy atom. The van der Waals surface area contributed by atoms with Gasteiger partial charge in [0, 0.05) is 17.8 Å². The highest BCUT2D eigenvalue weighted by molar-refractivity contribution is 5.61. The van der Waals surface area contributed by atoms with Gasteiger partial charge in [-0.2, -0.15) is 0 Å². The minimum atomic E-state index is 0.654. The fourth-order valence-corrected chi connectivity index (χ4v) is 3.54. The first-order chi connectivity index (χ1) is 8.76.